The summed E-state index contributed by atoms with van der Waals surface area (Å²) in [4.78, 5) is 40.7. The van der Waals surface area contributed by atoms with Crippen LogP contribution in [0, 0.1) is 6.92 Å². The zero-order chi connectivity index (χ0) is 18.9. The number of imide groups is 1. The average Bonchev–Trinajstić information content (AvgIpc) is 2.79. The third-order valence-electron chi connectivity index (χ3n) is 4.92. The number of benzene rings is 1. The van der Waals surface area contributed by atoms with E-state index in [0.29, 0.717) is 18.3 Å². The van der Waals surface area contributed by atoms with Crippen molar-refractivity contribution in [2.75, 3.05) is 19.6 Å². The van der Waals surface area contributed by atoms with Gasteiger partial charge in [0.15, 0.2) is 0 Å². The molecule has 3 rings (SSSR count). The molecule has 140 valence electrons. The highest BCUT2D eigenvalue weighted by molar-refractivity contribution is 8.00. The van der Waals surface area contributed by atoms with Crippen molar-refractivity contribution in [3.05, 3.63) is 29.8 Å². The number of likely N-dealkylation sites (tertiary alicyclic amines) is 1. The minimum atomic E-state index is -0.936. The van der Waals surface area contributed by atoms with Crippen LogP contribution in [0.3, 0.4) is 0 Å². The molecule has 0 radical (unpaired) electrons. The van der Waals surface area contributed by atoms with Crippen molar-refractivity contribution in [1.82, 2.24) is 15.1 Å². The molecule has 6 nitrogen and oxygen atoms in total. The zero-order valence-electron chi connectivity index (χ0n) is 15.4. The van der Waals surface area contributed by atoms with Gasteiger partial charge < -0.3 is 10.2 Å². The second kappa shape index (κ2) is 7.31. The standard InChI is InChI=1S/C19H25N3O3S/c1-13-6-4-5-7-15(13)26-14-8-10-21(11-9-14)16(23)12-22-17(24)19(2,3)20-18(22)25/h4-7,14H,8-12H2,1-3H3,(H,20,25). The van der Waals surface area contributed by atoms with E-state index >= 15 is 0 Å². The molecular formula is C19H25N3O3S. The van der Waals surface area contributed by atoms with Crippen molar-refractivity contribution >= 4 is 29.6 Å². The molecule has 0 atom stereocenters. The molecule has 2 aliphatic rings. The summed E-state index contributed by atoms with van der Waals surface area (Å²) in [5.74, 6) is -0.508. The van der Waals surface area contributed by atoms with E-state index in [2.05, 4.69) is 24.4 Å². The fourth-order valence-corrected chi connectivity index (χ4v) is 4.50. The highest BCUT2D eigenvalue weighted by Crippen LogP contribution is 2.32. The molecule has 0 spiro atoms. The van der Waals surface area contributed by atoms with E-state index in [1.165, 1.54) is 10.5 Å². The predicted molar refractivity (Wildman–Crippen MR) is 101 cm³/mol. The number of piperidine rings is 1. The van der Waals surface area contributed by atoms with E-state index in [9.17, 15) is 14.4 Å². The van der Waals surface area contributed by atoms with Crippen LogP contribution < -0.4 is 5.32 Å². The Kier molecular flexibility index (Phi) is 5.27. The van der Waals surface area contributed by atoms with Crippen molar-refractivity contribution in [3.8, 4) is 0 Å². The van der Waals surface area contributed by atoms with Crippen LogP contribution in [0.25, 0.3) is 0 Å². The first-order valence-electron chi connectivity index (χ1n) is 8.92. The van der Waals surface area contributed by atoms with Gasteiger partial charge in [0.1, 0.15) is 12.1 Å². The Morgan fingerprint density at radius 1 is 1.23 bits per heavy atom. The number of aryl methyl sites for hydroxylation is 1. The minimum Gasteiger partial charge on any atom is -0.341 e. The lowest BCUT2D eigenvalue weighted by atomic mass is 10.1. The van der Waals surface area contributed by atoms with E-state index in [1.807, 2.05) is 23.9 Å². The van der Waals surface area contributed by atoms with Crippen LogP contribution >= 0.6 is 11.8 Å². The molecule has 2 heterocycles. The van der Waals surface area contributed by atoms with Gasteiger partial charge in [-0.1, -0.05) is 18.2 Å². The number of carbonyl (C=O) groups excluding carboxylic acids is 3. The molecule has 1 aromatic carbocycles. The topological polar surface area (TPSA) is 69.7 Å². The van der Waals surface area contributed by atoms with Gasteiger partial charge in [-0.05, 0) is 45.2 Å². The number of hydrogen-bond donors (Lipinski definition) is 1. The van der Waals surface area contributed by atoms with Crippen LogP contribution in [-0.2, 0) is 9.59 Å². The molecule has 7 heteroatoms. The van der Waals surface area contributed by atoms with Gasteiger partial charge in [0.05, 0.1) is 0 Å². The molecule has 4 amide bonds. The predicted octanol–water partition coefficient (Wildman–Crippen LogP) is 2.41. The number of urea groups is 1. The number of carbonyl (C=O) groups is 3. The van der Waals surface area contributed by atoms with Crippen LogP contribution in [0.2, 0.25) is 0 Å². The van der Waals surface area contributed by atoms with E-state index in [4.69, 9.17) is 0 Å². The largest absolute Gasteiger partial charge is 0.341 e. The summed E-state index contributed by atoms with van der Waals surface area (Å²) in [5, 5.41) is 3.09. The lowest BCUT2D eigenvalue weighted by Crippen LogP contribution is -2.47. The van der Waals surface area contributed by atoms with E-state index in [0.717, 1.165) is 17.7 Å². The molecule has 2 fully saturated rings. The Morgan fingerprint density at radius 2 is 1.88 bits per heavy atom. The molecule has 0 bridgehead atoms. The molecule has 0 aromatic heterocycles. The van der Waals surface area contributed by atoms with E-state index < -0.39 is 11.6 Å². The first kappa shape index (κ1) is 18.8. The van der Waals surface area contributed by atoms with Crippen LogP contribution in [0.5, 0.6) is 0 Å². The molecule has 0 saturated carbocycles. The van der Waals surface area contributed by atoms with E-state index in [1.54, 1.807) is 18.7 Å². The first-order chi connectivity index (χ1) is 12.3. The average molecular weight is 375 g/mol. The molecule has 26 heavy (non-hydrogen) atoms. The van der Waals surface area contributed by atoms with Crippen molar-refractivity contribution in [1.29, 1.82) is 0 Å². The highest BCUT2D eigenvalue weighted by atomic mass is 32.2. The van der Waals surface area contributed by atoms with Crippen LogP contribution in [-0.4, -0.2) is 58.1 Å². The summed E-state index contributed by atoms with van der Waals surface area (Å²) in [6, 6.07) is 7.85. The summed E-state index contributed by atoms with van der Waals surface area (Å²) in [6.07, 6.45) is 1.83. The van der Waals surface area contributed by atoms with Gasteiger partial charge in [-0.3, -0.25) is 14.5 Å². The van der Waals surface area contributed by atoms with Gasteiger partial charge in [-0.25, -0.2) is 4.79 Å². The maximum absolute atomic E-state index is 12.5. The normalized spacial score (nSPS) is 20.4. The van der Waals surface area contributed by atoms with Crippen LogP contribution in [0.1, 0.15) is 32.3 Å². The summed E-state index contributed by atoms with van der Waals surface area (Å²) >= 11 is 1.87. The number of rotatable bonds is 4. The monoisotopic (exact) mass is 375 g/mol. The van der Waals surface area contributed by atoms with E-state index in [-0.39, 0.29) is 18.4 Å². The maximum atomic E-state index is 12.5. The fourth-order valence-electron chi connectivity index (χ4n) is 3.29. The lowest BCUT2D eigenvalue weighted by Gasteiger charge is -2.32. The van der Waals surface area contributed by atoms with Crippen molar-refractivity contribution < 1.29 is 14.4 Å². The number of hydrogen-bond acceptors (Lipinski definition) is 4. The van der Waals surface area contributed by atoms with Crippen molar-refractivity contribution in [2.24, 2.45) is 0 Å². The Morgan fingerprint density at radius 3 is 2.46 bits per heavy atom. The SMILES string of the molecule is Cc1ccccc1SC1CCN(C(=O)CN2C(=O)NC(C)(C)C2=O)CC1. The Hall–Kier alpha value is -2.02. The quantitative estimate of drug-likeness (QED) is 0.821. The van der Waals surface area contributed by atoms with Gasteiger partial charge >= 0.3 is 6.03 Å². The third-order valence-corrected chi connectivity index (χ3v) is 6.44. The van der Waals surface area contributed by atoms with Gasteiger partial charge in [-0.15, -0.1) is 11.8 Å². The number of nitrogens with one attached hydrogen (secondary N) is 1. The first-order valence-corrected chi connectivity index (χ1v) is 9.80. The molecular weight excluding hydrogens is 350 g/mol. The number of nitrogens with zero attached hydrogens (tertiary/aromatic N) is 2. The summed E-state index contributed by atoms with van der Waals surface area (Å²) in [6.45, 7) is 6.55. The van der Waals surface area contributed by atoms with Gasteiger partial charge in [0.25, 0.3) is 5.91 Å². The van der Waals surface area contributed by atoms with Crippen molar-refractivity contribution in [2.45, 2.75) is 49.3 Å². The Balaban J connectivity index is 1.52. The zero-order valence-corrected chi connectivity index (χ0v) is 16.3. The van der Waals surface area contributed by atoms with Gasteiger partial charge in [0, 0.05) is 23.2 Å². The summed E-state index contributed by atoms with van der Waals surface area (Å²) in [7, 11) is 0. The summed E-state index contributed by atoms with van der Waals surface area (Å²) < 4.78 is 0. The molecule has 2 saturated heterocycles. The maximum Gasteiger partial charge on any atom is 0.325 e. The number of amides is 4. The lowest BCUT2D eigenvalue weighted by molar-refractivity contribution is -0.139. The molecule has 1 N–H and O–H groups in total. The minimum absolute atomic E-state index is 0.162. The molecule has 2 aliphatic heterocycles. The van der Waals surface area contributed by atoms with Crippen LogP contribution in [0.15, 0.2) is 29.2 Å². The fraction of sp³-hybridized carbons (Fsp3) is 0.526. The molecule has 0 unspecified atom stereocenters. The second-order valence-corrected chi connectivity index (χ2v) is 8.75. The Labute approximate surface area is 158 Å². The Bertz CT molecular complexity index is 726. The van der Waals surface area contributed by atoms with Gasteiger partial charge in [-0.2, -0.15) is 0 Å². The highest BCUT2D eigenvalue weighted by Gasteiger charge is 2.45. The number of thioether (sulfide) groups is 1. The molecule has 0 aliphatic carbocycles. The van der Waals surface area contributed by atoms with Crippen LogP contribution in [0.4, 0.5) is 4.79 Å². The van der Waals surface area contributed by atoms with Crippen molar-refractivity contribution in [3.63, 3.8) is 0 Å². The molecule has 1 aromatic rings. The third kappa shape index (κ3) is 3.87. The summed E-state index contributed by atoms with van der Waals surface area (Å²) in [5.41, 5.74) is 0.339. The van der Waals surface area contributed by atoms with Gasteiger partial charge in [0.2, 0.25) is 5.91 Å². The smallest absolute Gasteiger partial charge is 0.325 e. The second-order valence-electron chi connectivity index (χ2n) is 7.41.